The molecule has 1 aromatic rings. The highest BCUT2D eigenvalue weighted by molar-refractivity contribution is 7.10. The van der Waals surface area contributed by atoms with Gasteiger partial charge in [-0.2, -0.15) is 0 Å². The van der Waals surface area contributed by atoms with Crippen LogP contribution in [0, 0.1) is 5.92 Å². The first-order valence-electron chi connectivity index (χ1n) is 6.75. The van der Waals surface area contributed by atoms with Gasteiger partial charge in [-0.1, -0.05) is 27.7 Å². The Bertz CT molecular complexity index is 353. The summed E-state index contributed by atoms with van der Waals surface area (Å²) in [4.78, 5) is 4.12. The van der Waals surface area contributed by atoms with Gasteiger partial charge in [0.15, 0.2) is 0 Å². The summed E-state index contributed by atoms with van der Waals surface area (Å²) in [5.41, 5.74) is 1.81. The van der Waals surface area contributed by atoms with E-state index in [4.69, 9.17) is 0 Å². The number of rotatable bonds is 2. The second-order valence-electron chi connectivity index (χ2n) is 6.53. The third-order valence-electron chi connectivity index (χ3n) is 3.68. The first kappa shape index (κ1) is 13.1. The molecule has 0 saturated carbocycles. The minimum Gasteiger partial charge on any atom is -0.299 e. The van der Waals surface area contributed by atoms with Crippen LogP contribution in [-0.4, -0.2) is 18.0 Å². The van der Waals surface area contributed by atoms with Crippen LogP contribution in [0.4, 0.5) is 0 Å². The fourth-order valence-electron chi connectivity index (χ4n) is 2.33. The average Bonchev–Trinajstić information content (AvgIpc) is 2.69. The molecule has 2 heterocycles. The predicted molar refractivity (Wildman–Crippen MR) is 76.7 cm³/mol. The zero-order valence-corrected chi connectivity index (χ0v) is 12.4. The lowest BCUT2D eigenvalue weighted by atomic mass is 9.94. The fourth-order valence-corrected chi connectivity index (χ4v) is 3.32. The van der Waals surface area contributed by atoms with E-state index in [0.29, 0.717) is 5.41 Å². The quantitative estimate of drug-likeness (QED) is 0.758. The lowest BCUT2D eigenvalue weighted by molar-refractivity contribution is 0.185. The summed E-state index contributed by atoms with van der Waals surface area (Å²) in [6.07, 6.45) is 2.74. The first-order valence-corrected chi connectivity index (χ1v) is 7.63. The lowest BCUT2D eigenvalue weighted by Gasteiger charge is -2.29. The van der Waals surface area contributed by atoms with Gasteiger partial charge in [0.25, 0.3) is 0 Å². The molecule has 96 valence electrons. The van der Waals surface area contributed by atoms with Gasteiger partial charge in [-0.25, -0.2) is 0 Å². The summed E-state index contributed by atoms with van der Waals surface area (Å²) >= 11 is 1.92. The van der Waals surface area contributed by atoms with Gasteiger partial charge in [0.1, 0.15) is 0 Å². The lowest BCUT2D eigenvalue weighted by Crippen LogP contribution is -2.32. The van der Waals surface area contributed by atoms with E-state index in [1.807, 2.05) is 11.3 Å². The highest BCUT2D eigenvalue weighted by Gasteiger charge is 2.19. The maximum atomic E-state index is 2.61. The molecule has 0 unspecified atom stereocenters. The van der Waals surface area contributed by atoms with Gasteiger partial charge in [0.2, 0.25) is 0 Å². The molecule has 0 amide bonds. The van der Waals surface area contributed by atoms with Crippen molar-refractivity contribution in [3.05, 3.63) is 21.9 Å². The Balaban J connectivity index is 1.93. The van der Waals surface area contributed by atoms with E-state index in [2.05, 4.69) is 44.0 Å². The van der Waals surface area contributed by atoms with Crippen LogP contribution in [-0.2, 0) is 12.0 Å². The van der Waals surface area contributed by atoms with Gasteiger partial charge in [0, 0.05) is 11.4 Å². The van der Waals surface area contributed by atoms with E-state index in [-0.39, 0.29) is 0 Å². The largest absolute Gasteiger partial charge is 0.299 e. The number of thiophene rings is 1. The smallest absolute Gasteiger partial charge is 0.0242 e. The SMILES string of the molecule is CC1CCN(Cc2csc(C(C)(C)C)c2)CC1. The van der Waals surface area contributed by atoms with Crippen LogP contribution in [0.25, 0.3) is 0 Å². The van der Waals surface area contributed by atoms with Crippen molar-refractivity contribution in [3.63, 3.8) is 0 Å². The average molecular weight is 251 g/mol. The third-order valence-corrected chi connectivity index (χ3v) is 5.08. The Morgan fingerprint density at radius 2 is 1.94 bits per heavy atom. The second kappa shape index (κ2) is 5.11. The first-order chi connectivity index (χ1) is 7.95. The van der Waals surface area contributed by atoms with Crippen LogP contribution >= 0.6 is 11.3 Å². The van der Waals surface area contributed by atoms with E-state index >= 15 is 0 Å². The number of piperidine rings is 1. The molecule has 0 bridgehead atoms. The van der Waals surface area contributed by atoms with Gasteiger partial charge in [0.05, 0.1) is 0 Å². The number of hydrogen-bond acceptors (Lipinski definition) is 2. The van der Waals surface area contributed by atoms with E-state index in [0.717, 1.165) is 12.5 Å². The van der Waals surface area contributed by atoms with Crippen molar-refractivity contribution in [2.45, 2.75) is 52.5 Å². The van der Waals surface area contributed by atoms with Gasteiger partial charge in [-0.15, -0.1) is 11.3 Å². The second-order valence-corrected chi connectivity index (χ2v) is 7.44. The number of likely N-dealkylation sites (tertiary alicyclic amines) is 1. The Morgan fingerprint density at radius 3 is 2.47 bits per heavy atom. The van der Waals surface area contributed by atoms with E-state index in [1.165, 1.54) is 36.4 Å². The molecular weight excluding hydrogens is 226 g/mol. The Kier molecular flexibility index (Phi) is 3.94. The predicted octanol–water partition coefficient (Wildman–Crippen LogP) is 4.28. The van der Waals surface area contributed by atoms with Crippen molar-refractivity contribution in [2.75, 3.05) is 13.1 Å². The molecule has 0 atom stereocenters. The van der Waals surface area contributed by atoms with E-state index in [1.54, 1.807) is 0 Å². The minimum absolute atomic E-state index is 0.305. The minimum atomic E-state index is 0.305. The summed E-state index contributed by atoms with van der Waals surface area (Å²) in [5, 5.41) is 2.35. The highest BCUT2D eigenvalue weighted by atomic mass is 32.1. The van der Waals surface area contributed by atoms with Crippen molar-refractivity contribution >= 4 is 11.3 Å². The van der Waals surface area contributed by atoms with E-state index in [9.17, 15) is 0 Å². The Morgan fingerprint density at radius 1 is 1.29 bits per heavy atom. The fraction of sp³-hybridized carbons (Fsp3) is 0.733. The Hall–Kier alpha value is -0.340. The van der Waals surface area contributed by atoms with Crippen LogP contribution in [0.2, 0.25) is 0 Å². The molecule has 2 heteroatoms. The molecule has 0 aromatic carbocycles. The third kappa shape index (κ3) is 3.56. The van der Waals surface area contributed by atoms with Crippen molar-refractivity contribution < 1.29 is 0 Å². The molecule has 1 aromatic heterocycles. The monoisotopic (exact) mass is 251 g/mol. The molecule has 0 N–H and O–H groups in total. The number of nitrogens with zero attached hydrogens (tertiary/aromatic N) is 1. The molecule has 1 nitrogen and oxygen atoms in total. The maximum Gasteiger partial charge on any atom is 0.0242 e. The maximum absolute atomic E-state index is 2.61. The normalized spacial score (nSPS) is 19.8. The molecule has 17 heavy (non-hydrogen) atoms. The molecule has 1 saturated heterocycles. The van der Waals surface area contributed by atoms with Crippen LogP contribution < -0.4 is 0 Å². The summed E-state index contributed by atoms with van der Waals surface area (Å²) < 4.78 is 0. The molecule has 1 aliphatic rings. The molecule has 1 aliphatic heterocycles. The summed E-state index contributed by atoms with van der Waals surface area (Å²) in [6, 6.07) is 2.41. The molecular formula is C15H25NS. The van der Waals surface area contributed by atoms with Gasteiger partial charge >= 0.3 is 0 Å². The van der Waals surface area contributed by atoms with Crippen LogP contribution in [0.5, 0.6) is 0 Å². The highest BCUT2D eigenvalue weighted by Crippen LogP contribution is 2.29. The van der Waals surface area contributed by atoms with Gasteiger partial charge in [-0.3, -0.25) is 4.90 Å². The standard InChI is InChI=1S/C15H25NS/c1-12-5-7-16(8-6-12)10-13-9-14(17-11-13)15(2,3)4/h9,11-12H,5-8,10H2,1-4H3. The summed E-state index contributed by atoms with van der Waals surface area (Å²) in [6.45, 7) is 13.0. The van der Waals surface area contributed by atoms with Crippen LogP contribution in [0.1, 0.15) is 51.0 Å². The van der Waals surface area contributed by atoms with Crippen molar-refractivity contribution in [1.82, 2.24) is 4.90 Å². The summed E-state index contributed by atoms with van der Waals surface area (Å²) in [7, 11) is 0. The molecule has 0 spiro atoms. The molecule has 2 rings (SSSR count). The van der Waals surface area contributed by atoms with E-state index < -0.39 is 0 Å². The van der Waals surface area contributed by atoms with Crippen molar-refractivity contribution in [2.24, 2.45) is 5.92 Å². The molecule has 1 fully saturated rings. The van der Waals surface area contributed by atoms with Crippen molar-refractivity contribution in [1.29, 1.82) is 0 Å². The topological polar surface area (TPSA) is 3.24 Å². The van der Waals surface area contributed by atoms with Crippen LogP contribution in [0.15, 0.2) is 11.4 Å². The molecule has 0 aliphatic carbocycles. The number of hydrogen-bond donors (Lipinski definition) is 0. The van der Waals surface area contributed by atoms with Crippen molar-refractivity contribution in [3.8, 4) is 0 Å². The zero-order chi connectivity index (χ0) is 12.5. The van der Waals surface area contributed by atoms with Gasteiger partial charge in [-0.05, 0) is 54.3 Å². The van der Waals surface area contributed by atoms with Crippen LogP contribution in [0.3, 0.4) is 0 Å². The zero-order valence-electron chi connectivity index (χ0n) is 11.6. The Labute approximate surface area is 110 Å². The van der Waals surface area contributed by atoms with Gasteiger partial charge < -0.3 is 0 Å². The summed E-state index contributed by atoms with van der Waals surface area (Å²) in [5.74, 6) is 0.930. The molecule has 0 radical (unpaired) electrons.